The molecule has 0 unspecified atom stereocenters. The first-order chi connectivity index (χ1) is 13.7. The molecule has 0 aromatic rings. The first-order valence-electron chi connectivity index (χ1n) is 9.30. The number of carboxylic acids is 1. The van der Waals surface area contributed by atoms with Gasteiger partial charge in [-0.15, -0.1) is 0 Å². The monoisotopic (exact) mass is 423 g/mol. The van der Waals surface area contributed by atoms with Crippen molar-refractivity contribution >= 4 is 17.8 Å². The number of hydrogen-bond acceptors (Lipinski definition) is 9. The van der Waals surface area contributed by atoms with Crippen molar-refractivity contribution < 1.29 is 47.9 Å². The lowest BCUT2D eigenvalue weighted by atomic mass is 10.2. The zero-order valence-corrected chi connectivity index (χ0v) is 17.4. The van der Waals surface area contributed by atoms with Gasteiger partial charge in [0.25, 0.3) is 0 Å². The van der Waals surface area contributed by atoms with E-state index in [9.17, 15) is 14.4 Å². The molecule has 1 amide bonds. The summed E-state index contributed by atoms with van der Waals surface area (Å²) in [7, 11) is 0. The van der Waals surface area contributed by atoms with Gasteiger partial charge in [-0.1, -0.05) is 0 Å². The van der Waals surface area contributed by atoms with Crippen LogP contribution in [0, 0.1) is 0 Å². The van der Waals surface area contributed by atoms with E-state index in [1.54, 1.807) is 20.8 Å². The smallest absolute Gasteiger partial charge is 0.332 e. The molecule has 0 aliphatic rings. The summed E-state index contributed by atoms with van der Waals surface area (Å²) in [5.41, 5.74) is -0.524. The highest BCUT2D eigenvalue weighted by atomic mass is 16.6. The van der Waals surface area contributed by atoms with Gasteiger partial charge in [0.15, 0.2) is 0 Å². The van der Waals surface area contributed by atoms with Gasteiger partial charge in [-0.25, -0.2) is 9.59 Å². The summed E-state index contributed by atoms with van der Waals surface area (Å²) in [6, 6.07) is 0. The van der Waals surface area contributed by atoms with Crippen molar-refractivity contribution in [1.29, 1.82) is 0 Å². The van der Waals surface area contributed by atoms with Gasteiger partial charge < -0.3 is 38.8 Å². The van der Waals surface area contributed by atoms with E-state index in [1.807, 2.05) is 0 Å². The topological polar surface area (TPSA) is 139 Å². The SMILES string of the molecule is CC(C)(C)OC(=O)COCCOCCOCCOCCNC(=O)COCC(=O)O. The van der Waals surface area contributed by atoms with Gasteiger partial charge in [0.1, 0.15) is 25.4 Å². The molecule has 0 spiro atoms. The predicted molar refractivity (Wildman–Crippen MR) is 101 cm³/mol. The van der Waals surface area contributed by atoms with E-state index >= 15 is 0 Å². The van der Waals surface area contributed by atoms with Crippen molar-refractivity contribution in [3.05, 3.63) is 0 Å². The second kappa shape index (κ2) is 17.1. The quantitative estimate of drug-likeness (QED) is 0.221. The van der Waals surface area contributed by atoms with Crippen molar-refractivity contribution in [2.24, 2.45) is 0 Å². The molecule has 0 aromatic carbocycles. The lowest BCUT2D eigenvalue weighted by Crippen LogP contribution is -2.31. The van der Waals surface area contributed by atoms with Crippen LogP contribution >= 0.6 is 0 Å². The fraction of sp³-hybridized carbons (Fsp3) is 0.833. The number of hydrogen-bond donors (Lipinski definition) is 2. The molecule has 0 rings (SSSR count). The van der Waals surface area contributed by atoms with Gasteiger partial charge in [-0.3, -0.25) is 4.79 Å². The van der Waals surface area contributed by atoms with Crippen molar-refractivity contribution in [2.45, 2.75) is 26.4 Å². The number of aliphatic carboxylic acids is 1. The molecule has 0 bridgehead atoms. The van der Waals surface area contributed by atoms with Gasteiger partial charge in [0.05, 0.1) is 46.2 Å². The Hall–Kier alpha value is -1.79. The molecule has 170 valence electrons. The summed E-state index contributed by atoms with van der Waals surface area (Å²) < 4.78 is 30.8. The minimum Gasteiger partial charge on any atom is -0.480 e. The second-order valence-corrected chi connectivity index (χ2v) is 6.71. The number of amides is 1. The van der Waals surface area contributed by atoms with E-state index in [-0.39, 0.29) is 19.8 Å². The Labute approximate surface area is 170 Å². The molecule has 0 heterocycles. The van der Waals surface area contributed by atoms with Crippen LogP contribution in [0.1, 0.15) is 20.8 Å². The molecule has 29 heavy (non-hydrogen) atoms. The van der Waals surface area contributed by atoms with Crippen LogP contribution in [-0.4, -0.2) is 101 Å². The Morgan fingerprint density at radius 3 is 1.76 bits per heavy atom. The maximum absolute atomic E-state index is 11.4. The van der Waals surface area contributed by atoms with Crippen LogP contribution in [-0.2, 0) is 42.8 Å². The van der Waals surface area contributed by atoms with E-state index in [2.05, 4.69) is 10.1 Å². The Bertz CT molecular complexity index is 464. The van der Waals surface area contributed by atoms with Gasteiger partial charge in [0, 0.05) is 6.54 Å². The average Bonchev–Trinajstić information content (AvgIpc) is 2.60. The van der Waals surface area contributed by atoms with E-state index < -0.39 is 30.1 Å². The van der Waals surface area contributed by atoms with Crippen LogP contribution in [0.25, 0.3) is 0 Å². The summed E-state index contributed by atoms with van der Waals surface area (Å²) in [6.45, 7) is 7.22. The second-order valence-electron chi connectivity index (χ2n) is 6.71. The largest absolute Gasteiger partial charge is 0.480 e. The molecule has 0 saturated carbocycles. The number of carbonyl (C=O) groups excluding carboxylic acids is 2. The van der Waals surface area contributed by atoms with Crippen LogP contribution in [0.5, 0.6) is 0 Å². The molecule has 0 fully saturated rings. The van der Waals surface area contributed by atoms with E-state index in [4.69, 9.17) is 28.8 Å². The van der Waals surface area contributed by atoms with E-state index in [0.29, 0.717) is 46.2 Å². The number of carboxylic acid groups (broad SMARTS) is 1. The van der Waals surface area contributed by atoms with Crippen molar-refractivity contribution in [2.75, 3.05) is 72.6 Å². The third-order valence-corrected chi connectivity index (χ3v) is 2.78. The van der Waals surface area contributed by atoms with Gasteiger partial charge in [-0.05, 0) is 20.8 Å². The molecule has 0 aromatic heterocycles. The normalized spacial score (nSPS) is 11.3. The van der Waals surface area contributed by atoms with Crippen molar-refractivity contribution in [3.8, 4) is 0 Å². The van der Waals surface area contributed by atoms with Crippen LogP contribution in [0.15, 0.2) is 0 Å². The Kier molecular flexibility index (Phi) is 16.0. The minimum atomic E-state index is -1.13. The number of rotatable bonds is 18. The zero-order chi connectivity index (χ0) is 22.0. The number of ether oxygens (including phenoxy) is 6. The molecule has 0 aliphatic heterocycles. The third-order valence-electron chi connectivity index (χ3n) is 2.78. The first kappa shape index (κ1) is 27.2. The Balaban J connectivity index is 3.25. The number of carbonyl (C=O) groups is 3. The fourth-order valence-electron chi connectivity index (χ4n) is 1.73. The zero-order valence-electron chi connectivity index (χ0n) is 17.4. The minimum absolute atomic E-state index is 0.107. The van der Waals surface area contributed by atoms with E-state index in [0.717, 1.165) is 0 Å². The highest BCUT2D eigenvalue weighted by Crippen LogP contribution is 2.06. The standard InChI is InChI=1S/C18H33NO10/c1-18(2,3)29-17(23)14-27-11-10-26-9-8-25-7-6-24-5-4-19-15(20)12-28-13-16(21)22/h4-14H2,1-3H3,(H,19,20)(H,21,22). The highest BCUT2D eigenvalue weighted by molar-refractivity contribution is 5.77. The molecule has 2 N–H and O–H groups in total. The lowest BCUT2D eigenvalue weighted by Gasteiger charge is -2.19. The highest BCUT2D eigenvalue weighted by Gasteiger charge is 2.15. The molecular weight excluding hydrogens is 390 g/mol. The summed E-state index contributed by atoms with van der Waals surface area (Å²) in [5.74, 6) is -1.94. The van der Waals surface area contributed by atoms with Crippen molar-refractivity contribution in [3.63, 3.8) is 0 Å². The molecule has 11 heteroatoms. The summed E-state index contributed by atoms with van der Waals surface area (Å²) >= 11 is 0. The maximum Gasteiger partial charge on any atom is 0.332 e. The molecule has 0 atom stereocenters. The predicted octanol–water partition coefficient (Wildman–Crippen LogP) is -0.388. The summed E-state index contributed by atoms with van der Waals surface area (Å²) in [6.07, 6.45) is 0. The third kappa shape index (κ3) is 22.4. The summed E-state index contributed by atoms with van der Waals surface area (Å²) in [4.78, 5) is 32.9. The van der Waals surface area contributed by atoms with Crippen LogP contribution in [0.4, 0.5) is 0 Å². The Morgan fingerprint density at radius 1 is 0.724 bits per heavy atom. The summed E-state index contributed by atoms with van der Waals surface area (Å²) in [5, 5.41) is 10.9. The van der Waals surface area contributed by atoms with Crippen LogP contribution < -0.4 is 5.32 Å². The number of esters is 1. The molecule has 0 saturated heterocycles. The molecule has 11 nitrogen and oxygen atoms in total. The Morgan fingerprint density at radius 2 is 1.24 bits per heavy atom. The average molecular weight is 423 g/mol. The van der Waals surface area contributed by atoms with Gasteiger partial charge in [-0.2, -0.15) is 0 Å². The van der Waals surface area contributed by atoms with Crippen molar-refractivity contribution in [1.82, 2.24) is 5.32 Å². The first-order valence-corrected chi connectivity index (χ1v) is 9.30. The molecule has 0 radical (unpaired) electrons. The van der Waals surface area contributed by atoms with Gasteiger partial charge in [0.2, 0.25) is 5.91 Å². The lowest BCUT2D eigenvalue weighted by molar-refractivity contribution is -0.160. The van der Waals surface area contributed by atoms with Crippen LogP contribution in [0.2, 0.25) is 0 Å². The maximum atomic E-state index is 11.4. The van der Waals surface area contributed by atoms with Crippen LogP contribution in [0.3, 0.4) is 0 Å². The fourth-order valence-corrected chi connectivity index (χ4v) is 1.73. The van der Waals surface area contributed by atoms with Gasteiger partial charge >= 0.3 is 11.9 Å². The number of nitrogens with one attached hydrogen (secondary N) is 1. The van der Waals surface area contributed by atoms with E-state index in [1.165, 1.54) is 0 Å². The molecular formula is C18H33NO10. The molecule has 0 aliphatic carbocycles.